The van der Waals surface area contributed by atoms with Crippen molar-refractivity contribution >= 4 is 5.91 Å². The molecule has 0 aromatic rings. The smallest absolute Gasteiger partial charge is 0.239 e. The number of amides is 1. The van der Waals surface area contributed by atoms with Crippen LogP contribution in [-0.2, 0) is 4.79 Å². The molecule has 1 heterocycles. The van der Waals surface area contributed by atoms with Crippen LogP contribution in [0, 0.1) is 5.92 Å². The molecular formula is C14H29N3O. The van der Waals surface area contributed by atoms with Crippen molar-refractivity contribution in [2.75, 3.05) is 39.8 Å². The minimum absolute atomic E-state index is 0.0421. The summed E-state index contributed by atoms with van der Waals surface area (Å²) in [4.78, 5) is 16.6. The van der Waals surface area contributed by atoms with Crippen molar-refractivity contribution in [3.63, 3.8) is 0 Å². The van der Waals surface area contributed by atoms with Gasteiger partial charge in [0.1, 0.15) is 0 Å². The topological polar surface area (TPSA) is 35.6 Å². The van der Waals surface area contributed by atoms with E-state index in [1.54, 1.807) is 0 Å². The molecule has 1 fully saturated rings. The Morgan fingerprint density at radius 2 is 1.89 bits per heavy atom. The number of carbonyl (C=O) groups is 1. The lowest BCUT2D eigenvalue weighted by Gasteiger charge is -2.37. The Morgan fingerprint density at radius 3 is 2.33 bits per heavy atom. The Labute approximate surface area is 112 Å². The Balaban J connectivity index is 2.44. The zero-order valence-electron chi connectivity index (χ0n) is 12.4. The summed E-state index contributed by atoms with van der Waals surface area (Å²) < 4.78 is 0. The third kappa shape index (κ3) is 3.95. The lowest BCUT2D eigenvalue weighted by atomic mass is 9.95. The van der Waals surface area contributed by atoms with Gasteiger partial charge < -0.3 is 10.2 Å². The van der Waals surface area contributed by atoms with Gasteiger partial charge in [-0.3, -0.25) is 9.69 Å². The van der Waals surface area contributed by atoms with Gasteiger partial charge in [-0.05, 0) is 66.2 Å². The quantitative estimate of drug-likeness (QED) is 0.774. The summed E-state index contributed by atoms with van der Waals surface area (Å²) in [6.07, 6.45) is 2.41. The van der Waals surface area contributed by atoms with E-state index < -0.39 is 0 Å². The minimum atomic E-state index is 0.0421. The van der Waals surface area contributed by atoms with Crippen LogP contribution in [0.25, 0.3) is 0 Å². The summed E-state index contributed by atoms with van der Waals surface area (Å²) in [6, 6.07) is 0.0421. The Morgan fingerprint density at radius 1 is 1.33 bits per heavy atom. The second-order valence-electron chi connectivity index (χ2n) is 5.22. The largest absolute Gasteiger partial charge is 0.342 e. The number of carbonyl (C=O) groups excluding carboxylic acids is 1. The predicted molar refractivity (Wildman–Crippen MR) is 75.6 cm³/mol. The van der Waals surface area contributed by atoms with Crippen LogP contribution in [0.5, 0.6) is 0 Å². The van der Waals surface area contributed by atoms with Crippen LogP contribution >= 0.6 is 0 Å². The van der Waals surface area contributed by atoms with Crippen LogP contribution < -0.4 is 5.32 Å². The molecule has 0 spiro atoms. The molecule has 1 aliphatic rings. The van der Waals surface area contributed by atoms with Crippen molar-refractivity contribution in [3.05, 3.63) is 0 Å². The highest BCUT2D eigenvalue weighted by Gasteiger charge is 2.28. The molecule has 0 aromatic carbocycles. The predicted octanol–water partition coefficient (Wildman–Crippen LogP) is 1.17. The number of hydrogen-bond acceptors (Lipinski definition) is 3. The molecule has 0 aliphatic carbocycles. The van der Waals surface area contributed by atoms with E-state index in [-0.39, 0.29) is 11.9 Å². The first-order valence-electron chi connectivity index (χ1n) is 7.31. The van der Waals surface area contributed by atoms with Gasteiger partial charge in [-0.15, -0.1) is 0 Å². The van der Waals surface area contributed by atoms with Gasteiger partial charge in [-0.25, -0.2) is 0 Å². The summed E-state index contributed by atoms with van der Waals surface area (Å²) in [7, 11) is 2.01. The summed E-state index contributed by atoms with van der Waals surface area (Å²) in [5, 5.41) is 3.25. The van der Waals surface area contributed by atoms with Crippen molar-refractivity contribution in [1.29, 1.82) is 0 Å². The molecule has 1 N–H and O–H groups in total. The third-order valence-electron chi connectivity index (χ3n) is 4.12. The number of nitrogens with one attached hydrogen (secondary N) is 1. The van der Waals surface area contributed by atoms with Gasteiger partial charge in [-0.1, -0.05) is 0 Å². The minimum Gasteiger partial charge on any atom is -0.342 e. The molecule has 106 valence electrons. The molecule has 0 saturated carbocycles. The number of nitrogens with zero attached hydrogens (tertiary/aromatic N) is 2. The first-order valence-corrected chi connectivity index (χ1v) is 7.31. The number of rotatable bonds is 6. The molecule has 0 aromatic heterocycles. The maximum absolute atomic E-state index is 12.3. The molecule has 0 bridgehead atoms. The van der Waals surface area contributed by atoms with Gasteiger partial charge in [-0.2, -0.15) is 0 Å². The highest BCUT2D eigenvalue weighted by atomic mass is 16.2. The highest BCUT2D eigenvalue weighted by Crippen LogP contribution is 2.19. The van der Waals surface area contributed by atoms with Gasteiger partial charge in [0, 0.05) is 13.1 Å². The van der Waals surface area contributed by atoms with Gasteiger partial charge in [0.25, 0.3) is 0 Å². The lowest BCUT2D eigenvalue weighted by molar-refractivity contribution is -0.136. The van der Waals surface area contributed by atoms with Crippen LogP contribution in [0.2, 0.25) is 0 Å². The normalized spacial score (nSPS) is 19.8. The highest BCUT2D eigenvalue weighted by molar-refractivity contribution is 5.81. The van der Waals surface area contributed by atoms with E-state index in [1.165, 1.54) is 12.8 Å². The van der Waals surface area contributed by atoms with Crippen molar-refractivity contribution in [2.24, 2.45) is 5.92 Å². The van der Waals surface area contributed by atoms with Crippen LogP contribution in [0.1, 0.15) is 33.6 Å². The Bertz CT molecular complexity index is 245. The summed E-state index contributed by atoms with van der Waals surface area (Å²) in [6.45, 7) is 11.0. The number of likely N-dealkylation sites (N-methyl/N-ethyl adjacent to an activating group) is 1. The number of piperidine rings is 1. The monoisotopic (exact) mass is 255 g/mol. The van der Waals surface area contributed by atoms with Crippen LogP contribution in [0.4, 0.5) is 0 Å². The molecular weight excluding hydrogens is 226 g/mol. The van der Waals surface area contributed by atoms with Gasteiger partial charge in [0.2, 0.25) is 5.91 Å². The average Bonchev–Trinajstić information content (AvgIpc) is 2.40. The van der Waals surface area contributed by atoms with E-state index >= 15 is 0 Å². The van der Waals surface area contributed by atoms with E-state index in [9.17, 15) is 4.79 Å². The Hall–Kier alpha value is -0.610. The molecule has 1 atom stereocenters. The fraction of sp³-hybridized carbons (Fsp3) is 0.929. The number of hydrogen-bond donors (Lipinski definition) is 1. The van der Waals surface area contributed by atoms with E-state index in [0.717, 1.165) is 38.6 Å². The molecule has 1 unspecified atom stereocenters. The third-order valence-corrected chi connectivity index (χ3v) is 4.12. The van der Waals surface area contributed by atoms with E-state index in [0.29, 0.717) is 0 Å². The maximum atomic E-state index is 12.3. The fourth-order valence-electron chi connectivity index (χ4n) is 2.79. The second kappa shape index (κ2) is 7.74. The molecule has 4 nitrogen and oxygen atoms in total. The summed E-state index contributed by atoms with van der Waals surface area (Å²) in [5.41, 5.74) is 0. The summed E-state index contributed by atoms with van der Waals surface area (Å²) >= 11 is 0. The van der Waals surface area contributed by atoms with Crippen LogP contribution in [0.15, 0.2) is 0 Å². The van der Waals surface area contributed by atoms with Crippen molar-refractivity contribution in [2.45, 2.75) is 39.7 Å². The van der Waals surface area contributed by atoms with Crippen molar-refractivity contribution < 1.29 is 4.79 Å². The Kier molecular flexibility index (Phi) is 6.65. The molecule has 0 radical (unpaired) electrons. The van der Waals surface area contributed by atoms with Gasteiger partial charge in [0.15, 0.2) is 0 Å². The molecule has 1 aliphatic heterocycles. The summed E-state index contributed by atoms with van der Waals surface area (Å²) in [5.74, 6) is 1.06. The molecule has 4 heteroatoms. The fourth-order valence-corrected chi connectivity index (χ4v) is 2.79. The molecule has 1 amide bonds. The molecule has 1 saturated heterocycles. The van der Waals surface area contributed by atoms with E-state index in [2.05, 4.69) is 17.1 Å². The van der Waals surface area contributed by atoms with E-state index in [1.807, 2.05) is 25.8 Å². The zero-order chi connectivity index (χ0) is 13.5. The maximum Gasteiger partial charge on any atom is 0.239 e. The van der Waals surface area contributed by atoms with Gasteiger partial charge in [0.05, 0.1) is 6.04 Å². The second-order valence-corrected chi connectivity index (χ2v) is 5.22. The molecule has 18 heavy (non-hydrogen) atoms. The van der Waals surface area contributed by atoms with Crippen LogP contribution in [-0.4, -0.2) is 61.5 Å². The zero-order valence-corrected chi connectivity index (χ0v) is 12.4. The standard InChI is InChI=1S/C14H29N3O/c1-5-16(6-2)14(18)12(3)17-9-7-13(8-10-17)11-15-4/h12-13,15H,5-11H2,1-4H3. The molecule has 1 rings (SSSR count). The first kappa shape index (κ1) is 15.4. The van der Waals surface area contributed by atoms with Crippen LogP contribution in [0.3, 0.4) is 0 Å². The van der Waals surface area contributed by atoms with Crippen molar-refractivity contribution in [1.82, 2.24) is 15.1 Å². The SMILES string of the molecule is CCN(CC)C(=O)C(C)N1CCC(CNC)CC1. The number of likely N-dealkylation sites (tertiary alicyclic amines) is 1. The average molecular weight is 255 g/mol. The lowest BCUT2D eigenvalue weighted by Crippen LogP contribution is -2.50. The van der Waals surface area contributed by atoms with E-state index in [4.69, 9.17) is 0 Å². The van der Waals surface area contributed by atoms with Crippen molar-refractivity contribution in [3.8, 4) is 0 Å². The first-order chi connectivity index (χ1) is 8.63. The van der Waals surface area contributed by atoms with Gasteiger partial charge >= 0.3 is 0 Å².